The van der Waals surface area contributed by atoms with Gasteiger partial charge >= 0.3 is 5.97 Å². The number of fused-ring (bicyclic) bond motifs is 1. The van der Waals surface area contributed by atoms with Crippen LogP contribution in [0.3, 0.4) is 0 Å². The summed E-state index contributed by atoms with van der Waals surface area (Å²) in [6.45, 7) is 2.78. The monoisotopic (exact) mass is 446 g/mol. The summed E-state index contributed by atoms with van der Waals surface area (Å²) >= 11 is 4.64. The average Bonchev–Trinajstić information content (AvgIpc) is 3.07. The average molecular weight is 447 g/mol. The molecule has 0 atom stereocenters. The van der Waals surface area contributed by atoms with Crippen molar-refractivity contribution < 1.29 is 14.3 Å². The zero-order valence-corrected chi connectivity index (χ0v) is 19.0. The number of nitrogens with zero attached hydrogens (tertiary/aromatic N) is 2. The van der Waals surface area contributed by atoms with Crippen molar-refractivity contribution in [3.8, 4) is 0 Å². The maximum absolute atomic E-state index is 12.5. The molecule has 0 aliphatic rings. The van der Waals surface area contributed by atoms with Crippen LogP contribution in [0.25, 0.3) is 10.2 Å². The molecule has 0 fully saturated rings. The van der Waals surface area contributed by atoms with Gasteiger partial charge in [0.25, 0.3) is 5.91 Å². The van der Waals surface area contributed by atoms with Crippen molar-refractivity contribution in [3.63, 3.8) is 0 Å². The second-order valence-electron chi connectivity index (χ2n) is 6.31. The molecule has 0 N–H and O–H groups in total. The maximum Gasteiger partial charge on any atom is 0.337 e. The molecular formula is C21H22N2O3S3. The summed E-state index contributed by atoms with van der Waals surface area (Å²) < 4.78 is 7.76. The van der Waals surface area contributed by atoms with Gasteiger partial charge in [0, 0.05) is 17.2 Å². The number of aryl methyl sites for hydroxylation is 2. The van der Waals surface area contributed by atoms with Gasteiger partial charge in [0.15, 0.2) is 4.80 Å². The standard InChI is InChI=1S/C21H22N2O3S3/c1-14-4-7-16(8-5-14)28-13-19(24)22-21-23(10-11-27-3)17-9-6-15(20(25)26-2)12-18(17)29-21/h4-9,12H,10-11,13H2,1-3H3. The van der Waals surface area contributed by atoms with Crippen LogP contribution in [-0.4, -0.2) is 41.3 Å². The van der Waals surface area contributed by atoms with E-state index in [0.29, 0.717) is 10.4 Å². The molecule has 1 aromatic heterocycles. The molecule has 3 aromatic rings. The largest absolute Gasteiger partial charge is 0.465 e. The predicted octanol–water partition coefficient (Wildman–Crippen LogP) is 4.38. The third kappa shape index (κ3) is 5.52. The Morgan fingerprint density at radius 3 is 2.62 bits per heavy atom. The van der Waals surface area contributed by atoms with Crippen molar-refractivity contribution >= 4 is 57.0 Å². The Morgan fingerprint density at radius 2 is 1.93 bits per heavy atom. The number of carbonyl (C=O) groups excluding carboxylic acids is 2. The Morgan fingerprint density at radius 1 is 1.17 bits per heavy atom. The van der Waals surface area contributed by atoms with Gasteiger partial charge in [-0.2, -0.15) is 16.8 Å². The Bertz CT molecular complexity index is 1080. The molecule has 1 heterocycles. The van der Waals surface area contributed by atoms with Crippen molar-refractivity contribution in [1.82, 2.24) is 4.57 Å². The van der Waals surface area contributed by atoms with Crippen LogP contribution in [0.1, 0.15) is 15.9 Å². The number of aromatic nitrogens is 1. The van der Waals surface area contributed by atoms with E-state index >= 15 is 0 Å². The third-order valence-electron chi connectivity index (χ3n) is 4.23. The van der Waals surface area contributed by atoms with Crippen LogP contribution >= 0.6 is 34.9 Å². The molecule has 29 heavy (non-hydrogen) atoms. The zero-order chi connectivity index (χ0) is 20.8. The van der Waals surface area contributed by atoms with Crippen molar-refractivity contribution in [2.24, 2.45) is 4.99 Å². The fraction of sp³-hybridized carbons (Fsp3) is 0.286. The lowest BCUT2D eigenvalue weighted by molar-refractivity contribution is -0.115. The van der Waals surface area contributed by atoms with Gasteiger partial charge < -0.3 is 9.30 Å². The Kier molecular flexibility index (Phi) is 7.57. The van der Waals surface area contributed by atoms with Gasteiger partial charge in [0.05, 0.1) is 28.6 Å². The van der Waals surface area contributed by atoms with E-state index in [9.17, 15) is 9.59 Å². The normalized spacial score (nSPS) is 11.8. The molecule has 0 radical (unpaired) electrons. The number of amides is 1. The van der Waals surface area contributed by atoms with E-state index in [0.717, 1.165) is 27.4 Å². The van der Waals surface area contributed by atoms with E-state index in [2.05, 4.69) is 4.99 Å². The lowest BCUT2D eigenvalue weighted by atomic mass is 10.2. The second kappa shape index (κ2) is 10.1. The molecular weight excluding hydrogens is 424 g/mol. The fourth-order valence-electron chi connectivity index (χ4n) is 2.72. The predicted molar refractivity (Wildman–Crippen MR) is 122 cm³/mol. The van der Waals surface area contributed by atoms with Crippen molar-refractivity contribution in [1.29, 1.82) is 0 Å². The number of esters is 1. The van der Waals surface area contributed by atoms with E-state index < -0.39 is 0 Å². The van der Waals surface area contributed by atoms with Gasteiger partial charge in [-0.25, -0.2) is 4.79 Å². The number of rotatable bonds is 7. The number of hydrogen-bond donors (Lipinski definition) is 0. The molecule has 8 heteroatoms. The van der Waals surface area contributed by atoms with E-state index in [-0.39, 0.29) is 17.6 Å². The highest BCUT2D eigenvalue weighted by atomic mass is 32.2. The van der Waals surface area contributed by atoms with E-state index in [1.807, 2.05) is 48.1 Å². The van der Waals surface area contributed by atoms with Gasteiger partial charge in [-0.1, -0.05) is 29.0 Å². The highest BCUT2D eigenvalue weighted by Gasteiger charge is 2.12. The minimum absolute atomic E-state index is 0.173. The first-order chi connectivity index (χ1) is 14.0. The van der Waals surface area contributed by atoms with Gasteiger partial charge in [0.1, 0.15) is 0 Å². The van der Waals surface area contributed by atoms with Crippen LogP contribution in [-0.2, 0) is 16.1 Å². The molecule has 0 saturated carbocycles. The smallest absolute Gasteiger partial charge is 0.337 e. The number of thioether (sulfide) groups is 2. The highest BCUT2D eigenvalue weighted by Crippen LogP contribution is 2.21. The van der Waals surface area contributed by atoms with E-state index in [1.54, 1.807) is 23.9 Å². The van der Waals surface area contributed by atoms with Crippen LogP contribution in [0.15, 0.2) is 52.4 Å². The van der Waals surface area contributed by atoms with Crippen LogP contribution in [0.2, 0.25) is 0 Å². The fourth-order valence-corrected chi connectivity index (χ4v) is 4.88. The van der Waals surface area contributed by atoms with E-state index in [1.165, 1.54) is 35.8 Å². The second-order valence-corrected chi connectivity index (χ2v) is 9.35. The molecule has 3 rings (SSSR count). The Labute approximate surface area is 182 Å². The number of benzene rings is 2. The molecule has 152 valence electrons. The summed E-state index contributed by atoms with van der Waals surface area (Å²) in [6, 6.07) is 13.5. The summed E-state index contributed by atoms with van der Waals surface area (Å²) in [5.74, 6) is 0.644. The first-order valence-electron chi connectivity index (χ1n) is 8.99. The number of ether oxygens (including phenoxy) is 1. The van der Waals surface area contributed by atoms with Gasteiger partial charge in [0.2, 0.25) is 0 Å². The van der Waals surface area contributed by atoms with Crippen LogP contribution in [0.5, 0.6) is 0 Å². The Hall–Kier alpha value is -2.03. The summed E-state index contributed by atoms with van der Waals surface area (Å²) in [6.07, 6.45) is 2.05. The maximum atomic E-state index is 12.5. The summed E-state index contributed by atoms with van der Waals surface area (Å²) in [4.78, 5) is 30.4. The quantitative estimate of drug-likeness (QED) is 0.398. The van der Waals surface area contributed by atoms with Crippen LogP contribution in [0, 0.1) is 6.92 Å². The van der Waals surface area contributed by atoms with Crippen LogP contribution in [0.4, 0.5) is 0 Å². The first-order valence-corrected chi connectivity index (χ1v) is 12.2. The number of carbonyl (C=O) groups is 2. The highest BCUT2D eigenvalue weighted by molar-refractivity contribution is 8.00. The summed E-state index contributed by atoms with van der Waals surface area (Å²) in [5.41, 5.74) is 2.65. The molecule has 0 spiro atoms. The summed E-state index contributed by atoms with van der Waals surface area (Å²) in [5, 5.41) is 0. The van der Waals surface area contributed by atoms with Gasteiger partial charge in [-0.15, -0.1) is 11.8 Å². The zero-order valence-electron chi connectivity index (χ0n) is 16.5. The molecule has 2 aromatic carbocycles. The SMILES string of the molecule is COC(=O)c1ccc2c(c1)sc(=NC(=O)CSc1ccc(C)cc1)n2CCSC. The number of hydrogen-bond acceptors (Lipinski definition) is 6. The third-order valence-corrected chi connectivity index (χ3v) is 6.86. The van der Waals surface area contributed by atoms with E-state index in [4.69, 9.17) is 4.74 Å². The van der Waals surface area contributed by atoms with Crippen molar-refractivity contribution in [2.75, 3.05) is 24.9 Å². The lowest BCUT2D eigenvalue weighted by Gasteiger charge is -2.04. The Balaban J connectivity index is 1.89. The van der Waals surface area contributed by atoms with Crippen molar-refractivity contribution in [2.45, 2.75) is 18.4 Å². The van der Waals surface area contributed by atoms with Gasteiger partial charge in [-0.05, 0) is 43.5 Å². The molecule has 0 unspecified atom stereocenters. The lowest BCUT2D eigenvalue weighted by Crippen LogP contribution is -2.18. The number of methoxy groups -OCH3 is 1. The molecule has 5 nitrogen and oxygen atoms in total. The van der Waals surface area contributed by atoms with Gasteiger partial charge in [-0.3, -0.25) is 4.79 Å². The topological polar surface area (TPSA) is 60.7 Å². The molecule has 0 bridgehead atoms. The minimum Gasteiger partial charge on any atom is -0.465 e. The van der Waals surface area contributed by atoms with Crippen LogP contribution < -0.4 is 4.80 Å². The molecule has 1 amide bonds. The molecule has 0 aliphatic carbocycles. The number of thiazole rings is 1. The van der Waals surface area contributed by atoms with Crippen molar-refractivity contribution in [3.05, 3.63) is 58.4 Å². The molecule has 0 saturated heterocycles. The molecule has 0 aliphatic heterocycles. The summed E-state index contributed by atoms with van der Waals surface area (Å²) in [7, 11) is 1.37. The first kappa shape index (κ1) is 21.7. The minimum atomic E-state index is -0.375.